The number of halogens is 1. The maximum atomic E-state index is 5.36. The number of rotatable bonds is 2. The molecule has 0 amide bonds. The second kappa shape index (κ2) is 5.81. The standard InChI is InChI=1S/C8H17NO.ClH/c1-3-4-8-7-10-6-5-9(8)2;/h8H,3-7H2,1-2H3;1H. The number of hydrogen-bond donors (Lipinski definition) is 0. The van der Waals surface area contributed by atoms with Crippen molar-refractivity contribution in [2.45, 2.75) is 25.8 Å². The van der Waals surface area contributed by atoms with Crippen molar-refractivity contribution in [2.24, 2.45) is 0 Å². The minimum atomic E-state index is 0. The van der Waals surface area contributed by atoms with Gasteiger partial charge in [-0.25, -0.2) is 0 Å². The number of hydrogen-bond acceptors (Lipinski definition) is 2. The van der Waals surface area contributed by atoms with Crippen LogP contribution in [0.25, 0.3) is 0 Å². The molecule has 0 radical (unpaired) electrons. The van der Waals surface area contributed by atoms with Gasteiger partial charge >= 0.3 is 0 Å². The third kappa shape index (κ3) is 3.41. The molecule has 0 saturated carbocycles. The average molecular weight is 180 g/mol. The Bertz CT molecular complexity index is 98.1. The van der Waals surface area contributed by atoms with E-state index in [2.05, 4.69) is 18.9 Å². The fraction of sp³-hybridized carbons (Fsp3) is 1.00. The summed E-state index contributed by atoms with van der Waals surface area (Å²) in [4.78, 5) is 2.40. The van der Waals surface area contributed by atoms with E-state index in [0.29, 0.717) is 6.04 Å². The fourth-order valence-electron chi connectivity index (χ4n) is 1.37. The summed E-state index contributed by atoms with van der Waals surface area (Å²) < 4.78 is 5.36. The van der Waals surface area contributed by atoms with Crippen LogP contribution in [0.1, 0.15) is 19.8 Å². The van der Waals surface area contributed by atoms with Gasteiger partial charge in [0.1, 0.15) is 0 Å². The summed E-state index contributed by atoms with van der Waals surface area (Å²) in [7, 11) is 2.18. The molecule has 0 aromatic heterocycles. The van der Waals surface area contributed by atoms with Crippen LogP contribution in [0.15, 0.2) is 0 Å². The molecule has 68 valence electrons. The summed E-state index contributed by atoms with van der Waals surface area (Å²) >= 11 is 0. The van der Waals surface area contributed by atoms with E-state index in [-0.39, 0.29) is 12.4 Å². The lowest BCUT2D eigenvalue weighted by atomic mass is 10.1. The third-order valence-electron chi connectivity index (χ3n) is 2.14. The molecule has 1 rings (SSSR count). The lowest BCUT2D eigenvalue weighted by molar-refractivity contribution is 0.00276. The van der Waals surface area contributed by atoms with E-state index in [1.54, 1.807) is 0 Å². The molecule has 1 aliphatic rings. The molecule has 0 aromatic carbocycles. The largest absolute Gasteiger partial charge is 0.378 e. The van der Waals surface area contributed by atoms with Crippen molar-refractivity contribution in [1.29, 1.82) is 0 Å². The Labute approximate surface area is 75.3 Å². The normalized spacial score (nSPS) is 26.2. The van der Waals surface area contributed by atoms with Gasteiger partial charge in [0, 0.05) is 12.6 Å². The fourth-order valence-corrected chi connectivity index (χ4v) is 1.37. The quantitative estimate of drug-likeness (QED) is 0.638. The zero-order chi connectivity index (χ0) is 7.40. The van der Waals surface area contributed by atoms with Crippen LogP contribution in [0.4, 0.5) is 0 Å². The van der Waals surface area contributed by atoms with Crippen molar-refractivity contribution in [3.63, 3.8) is 0 Å². The SMILES string of the molecule is CCCC1COCCN1C.Cl. The van der Waals surface area contributed by atoms with Crippen molar-refractivity contribution in [1.82, 2.24) is 4.90 Å². The summed E-state index contributed by atoms with van der Waals surface area (Å²) in [6.45, 7) is 5.17. The van der Waals surface area contributed by atoms with E-state index in [0.717, 1.165) is 19.8 Å². The number of nitrogens with zero attached hydrogens (tertiary/aromatic N) is 1. The van der Waals surface area contributed by atoms with Gasteiger partial charge in [0.25, 0.3) is 0 Å². The minimum Gasteiger partial charge on any atom is -0.378 e. The van der Waals surface area contributed by atoms with Crippen LogP contribution >= 0.6 is 12.4 Å². The Morgan fingerprint density at radius 1 is 1.55 bits per heavy atom. The first-order valence-electron chi connectivity index (χ1n) is 4.12. The molecule has 3 heteroatoms. The third-order valence-corrected chi connectivity index (χ3v) is 2.14. The molecule has 0 aromatic rings. The van der Waals surface area contributed by atoms with Gasteiger partial charge in [0.05, 0.1) is 13.2 Å². The topological polar surface area (TPSA) is 12.5 Å². The van der Waals surface area contributed by atoms with E-state index in [1.807, 2.05) is 0 Å². The predicted molar refractivity (Wildman–Crippen MR) is 49.4 cm³/mol. The molecule has 1 saturated heterocycles. The smallest absolute Gasteiger partial charge is 0.0622 e. The van der Waals surface area contributed by atoms with Gasteiger partial charge in [-0.15, -0.1) is 12.4 Å². The maximum Gasteiger partial charge on any atom is 0.0622 e. The maximum absolute atomic E-state index is 5.36. The van der Waals surface area contributed by atoms with E-state index in [9.17, 15) is 0 Å². The zero-order valence-electron chi connectivity index (χ0n) is 7.38. The van der Waals surface area contributed by atoms with Crippen molar-refractivity contribution in [3.8, 4) is 0 Å². The summed E-state index contributed by atoms with van der Waals surface area (Å²) in [5, 5.41) is 0. The zero-order valence-corrected chi connectivity index (χ0v) is 8.19. The highest BCUT2D eigenvalue weighted by Crippen LogP contribution is 2.08. The second-order valence-corrected chi connectivity index (χ2v) is 3.00. The van der Waals surface area contributed by atoms with Gasteiger partial charge in [0.2, 0.25) is 0 Å². The molecule has 0 bridgehead atoms. The lowest BCUT2D eigenvalue weighted by Gasteiger charge is -2.32. The predicted octanol–water partition coefficient (Wildman–Crippen LogP) is 1.54. The van der Waals surface area contributed by atoms with Crippen LogP contribution in [-0.4, -0.2) is 37.7 Å². The molecule has 1 atom stereocenters. The van der Waals surface area contributed by atoms with E-state index >= 15 is 0 Å². The molecular weight excluding hydrogens is 162 g/mol. The lowest BCUT2D eigenvalue weighted by Crippen LogP contribution is -2.42. The highest BCUT2D eigenvalue weighted by molar-refractivity contribution is 5.85. The Morgan fingerprint density at radius 2 is 2.27 bits per heavy atom. The van der Waals surface area contributed by atoms with Crippen molar-refractivity contribution in [3.05, 3.63) is 0 Å². The number of likely N-dealkylation sites (N-methyl/N-ethyl adjacent to an activating group) is 1. The first-order valence-corrected chi connectivity index (χ1v) is 4.12. The molecule has 11 heavy (non-hydrogen) atoms. The van der Waals surface area contributed by atoms with Crippen LogP contribution in [0.2, 0.25) is 0 Å². The van der Waals surface area contributed by atoms with Crippen LogP contribution in [0.5, 0.6) is 0 Å². The number of morpholine rings is 1. The molecule has 0 N–H and O–H groups in total. The Morgan fingerprint density at radius 3 is 2.82 bits per heavy atom. The van der Waals surface area contributed by atoms with E-state index in [1.165, 1.54) is 12.8 Å². The second-order valence-electron chi connectivity index (χ2n) is 3.00. The first kappa shape index (κ1) is 11.2. The van der Waals surface area contributed by atoms with Gasteiger partial charge in [-0.05, 0) is 13.5 Å². The molecule has 1 unspecified atom stereocenters. The van der Waals surface area contributed by atoms with Gasteiger partial charge < -0.3 is 4.74 Å². The molecule has 0 spiro atoms. The van der Waals surface area contributed by atoms with Gasteiger partial charge in [-0.2, -0.15) is 0 Å². The van der Waals surface area contributed by atoms with Crippen molar-refractivity contribution >= 4 is 12.4 Å². The monoisotopic (exact) mass is 179 g/mol. The highest BCUT2D eigenvalue weighted by Gasteiger charge is 2.17. The van der Waals surface area contributed by atoms with Crippen molar-refractivity contribution < 1.29 is 4.74 Å². The first-order chi connectivity index (χ1) is 4.84. The van der Waals surface area contributed by atoms with Gasteiger partial charge in [-0.3, -0.25) is 4.90 Å². The Kier molecular flexibility index (Phi) is 5.92. The Balaban J connectivity index is 0.000001000. The minimum absolute atomic E-state index is 0. The van der Waals surface area contributed by atoms with E-state index in [4.69, 9.17) is 4.74 Å². The molecule has 0 aliphatic carbocycles. The Hall–Kier alpha value is 0.210. The van der Waals surface area contributed by atoms with Crippen LogP contribution in [0.3, 0.4) is 0 Å². The van der Waals surface area contributed by atoms with Gasteiger partial charge in [-0.1, -0.05) is 13.3 Å². The molecular formula is C8H18ClNO. The van der Waals surface area contributed by atoms with Crippen LogP contribution in [-0.2, 0) is 4.74 Å². The summed E-state index contributed by atoms with van der Waals surface area (Å²) in [5.41, 5.74) is 0. The molecule has 2 nitrogen and oxygen atoms in total. The summed E-state index contributed by atoms with van der Waals surface area (Å²) in [6.07, 6.45) is 2.54. The highest BCUT2D eigenvalue weighted by atomic mass is 35.5. The van der Waals surface area contributed by atoms with Crippen molar-refractivity contribution in [2.75, 3.05) is 26.8 Å². The summed E-state index contributed by atoms with van der Waals surface area (Å²) in [6, 6.07) is 0.679. The van der Waals surface area contributed by atoms with Gasteiger partial charge in [0.15, 0.2) is 0 Å². The average Bonchev–Trinajstić information content (AvgIpc) is 1.94. The van der Waals surface area contributed by atoms with E-state index < -0.39 is 0 Å². The molecule has 1 aliphatic heterocycles. The van der Waals surface area contributed by atoms with Crippen LogP contribution in [0, 0.1) is 0 Å². The summed E-state index contributed by atoms with van der Waals surface area (Å²) in [5.74, 6) is 0. The number of ether oxygens (including phenoxy) is 1. The molecule has 1 fully saturated rings. The molecule has 1 heterocycles. The van der Waals surface area contributed by atoms with Crippen LogP contribution < -0.4 is 0 Å².